The Morgan fingerprint density at radius 3 is 1.68 bits per heavy atom. The number of esters is 4. The molecule has 0 radical (unpaired) electrons. The highest BCUT2D eigenvalue weighted by Crippen LogP contribution is 2.27. The number of rotatable bonds is 18. The van der Waals surface area contributed by atoms with Crippen molar-refractivity contribution in [3.8, 4) is 11.5 Å². The van der Waals surface area contributed by atoms with Crippen LogP contribution in [0.15, 0.2) is 85.7 Å². The standard InChI is InChI=1S/C34H38O10/c1-3-31(35)41-22-5-20-39-28-15-9-26(10-16-28)33(37)43-24-19-25-7-13-30(14-8-25)44-34(38)27-11-17-29(18-12-27)40-21-6-23-42-32(36)4-2/h3-4,9-13,15-18,25H,1-2,5-8,14,19-24H2. The molecule has 0 saturated carbocycles. The van der Waals surface area contributed by atoms with Gasteiger partial charge in [0, 0.05) is 31.4 Å². The maximum atomic E-state index is 12.6. The Balaban J connectivity index is 1.30. The van der Waals surface area contributed by atoms with E-state index in [0.717, 1.165) is 25.0 Å². The summed E-state index contributed by atoms with van der Waals surface area (Å²) in [6.07, 6.45) is 8.10. The number of carbonyl (C=O) groups is 4. The third-order valence-corrected chi connectivity index (χ3v) is 6.58. The van der Waals surface area contributed by atoms with E-state index in [9.17, 15) is 19.2 Å². The van der Waals surface area contributed by atoms with Crippen molar-refractivity contribution < 1.29 is 47.6 Å². The van der Waals surface area contributed by atoms with Gasteiger partial charge in [-0.2, -0.15) is 0 Å². The quantitative estimate of drug-likeness (QED) is 0.0894. The summed E-state index contributed by atoms with van der Waals surface area (Å²) >= 11 is 0. The van der Waals surface area contributed by atoms with Crippen molar-refractivity contribution in [1.82, 2.24) is 0 Å². The molecule has 234 valence electrons. The van der Waals surface area contributed by atoms with Gasteiger partial charge < -0.3 is 28.4 Å². The van der Waals surface area contributed by atoms with E-state index in [0.29, 0.717) is 79.8 Å². The summed E-state index contributed by atoms with van der Waals surface area (Å²) < 4.78 is 32.0. The fourth-order valence-electron chi connectivity index (χ4n) is 4.13. The topological polar surface area (TPSA) is 124 Å². The van der Waals surface area contributed by atoms with Crippen LogP contribution in [0.4, 0.5) is 0 Å². The Bertz CT molecular complexity index is 1290. The maximum absolute atomic E-state index is 12.6. The molecule has 0 spiro atoms. The molecule has 0 bridgehead atoms. The summed E-state index contributed by atoms with van der Waals surface area (Å²) in [4.78, 5) is 47.0. The van der Waals surface area contributed by atoms with Crippen LogP contribution in [0.2, 0.25) is 0 Å². The van der Waals surface area contributed by atoms with Gasteiger partial charge in [-0.15, -0.1) is 0 Å². The summed E-state index contributed by atoms with van der Waals surface area (Å²) in [6, 6.07) is 13.3. The number of benzene rings is 2. The SMILES string of the molecule is C=CC(=O)OCCCOc1ccc(C(=O)OCCC2CC=C(OC(=O)c3ccc(OCCCOC(=O)C=C)cc3)CC2)cc1. The van der Waals surface area contributed by atoms with Crippen LogP contribution >= 0.6 is 0 Å². The van der Waals surface area contributed by atoms with Crippen LogP contribution in [0.1, 0.15) is 59.2 Å². The summed E-state index contributed by atoms with van der Waals surface area (Å²) in [5.74, 6) is 0.386. The molecule has 1 atom stereocenters. The molecule has 1 unspecified atom stereocenters. The first-order valence-corrected chi connectivity index (χ1v) is 14.5. The smallest absolute Gasteiger partial charge is 0.343 e. The molecule has 0 fully saturated rings. The van der Waals surface area contributed by atoms with Gasteiger partial charge in [-0.05, 0) is 79.8 Å². The predicted octanol–water partition coefficient (Wildman–Crippen LogP) is 5.77. The number of hydrogen-bond donors (Lipinski definition) is 0. The second-order valence-corrected chi connectivity index (χ2v) is 9.82. The van der Waals surface area contributed by atoms with Crippen molar-refractivity contribution in [1.29, 1.82) is 0 Å². The summed E-state index contributed by atoms with van der Waals surface area (Å²) in [5, 5.41) is 0. The van der Waals surface area contributed by atoms with Gasteiger partial charge >= 0.3 is 23.9 Å². The van der Waals surface area contributed by atoms with E-state index in [1.165, 1.54) is 0 Å². The minimum atomic E-state index is -0.469. The van der Waals surface area contributed by atoms with Gasteiger partial charge in [-0.1, -0.05) is 13.2 Å². The van der Waals surface area contributed by atoms with Crippen molar-refractivity contribution in [2.24, 2.45) is 5.92 Å². The van der Waals surface area contributed by atoms with Crippen LogP contribution in [0, 0.1) is 5.92 Å². The first-order valence-electron chi connectivity index (χ1n) is 14.5. The zero-order valence-corrected chi connectivity index (χ0v) is 24.7. The molecular weight excluding hydrogens is 568 g/mol. The van der Waals surface area contributed by atoms with Crippen molar-refractivity contribution in [3.63, 3.8) is 0 Å². The maximum Gasteiger partial charge on any atom is 0.343 e. The first kappa shape index (κ1) is 33.6. The molecule has 3 rings (SSSR count). The Labute approximate surface area is 257 Å². The Morgan fingerprint density at radius 1 is 0.682 bits per heavy atom. The monoisotopic (exact) mass is 606 g/mol. The number of allylic oxidation sites excluding steroid dienone is 2. The lowest BCUT2D eigenvalue weighted by atomic mass is 9.91. The molecule has 0 N–H and O–H groups in total. The Kier molecular flexibility index (Phi) is 14.2. The Hall–Kier alpha value is -4.86. The molecule has 0 aromatic heterocycles. The van der Waals surface area contributed by atoms with E-state index in [-0.39, 0.29) is 13.2 Å². The number of hydrogen-bond acceptors (Lipinski definition) is 10. The number of carbonyl (C=O) groups excluding carboxylic acids is 4. The molecule has 0 heterocycles. The largest absolute Gasteiger partial charge is 0.493 e. The summed E-state index contributed by atoms with van der Waals surface area (Å²) in [6.45, 7) is 8.18. The third kappa shape index (κ3) is 12.2. The number of ether oxygens (including phenoxy) is 6. The molecule has 1 aliphatic carbocycles. The van der Waals surface area contributed by atoms with Gasteiger partial charge in [0.1, 0.15) is 17.3 Å². The first-order chi connectivity index (χ1) is 21.4. The average Bonchev–Trinajstić information content (AvgIpc) is 3.05. The molecule has 44 heavy (non-hydrogen) atoms. The van der Waals surface area contributed by atoms with Gasteiger partial charge in [-0.3, -0.25) is 0 Å². The molecule has 0 saturated heterocycles. The lowest BCUT2D eigenvalue weighted by Gasteiger charge is -2.21. The van der Waals surface area contributed by atoms with Crippen LogP contribution in [0.25, 0.3) is 0 Å². The fraction of sp³-hybridized carbons (Fsp3) is 0.353. The van der Waals surface area contributed by atoms with Gasteiger partial charge in [0.05, 0.1) is 44.2 Å². The molecule has 0 amide bonds. The highest BCUT2D eigenvalue weighted by molar-refractivity contribution is 5.90. The average molecular weight is 607 g/mol. The zero-order valence-electron chi connectivity index (χ0n) is 24.7. The van der Waals surface area contributed by atoms with Crippen molar-refractivity contribution >= 4 is 23.9 Å². The van der Waals surface area contributed by atoms with Crippen molar-refractivity contribution in [3.05, 3.63) is 96.8 Å². The second-order valence-electron chi connectivity index (χ2n) is 9.82. The van der Waals surface area contributed by atoms with E-state index in [1.54, 1.807) is 48.5 Å². The van der Waals surface area contributed by atoms with E-state index >= 15 is 0 Å². The molecule has 1 aliphatic rings. The van der Waals surface area contributed by atoms with E-state index in [1.807, 2.05) is 6.08 Å². The van der Waals surface area contributed by atoms with Gasteiger partial charge in [0.2, 0.25) is 0 Å². The van der Waals surface area contributed by atoms with Crippen molar-refractivity contribution in [2.75, 3.05) is 33.0 Å². The van der Waals surface area contributed by atoms with Crippen LogP contribution in [-0.2, 0) is 28.5 Å². The van der Waals surface area contributed by atoms with Gasteiger partial charge in [-0.25, -0.2) is 19.2 Å². The van der Waals surface area contributed by atoms with Crippen LogP contribution in [-0.4, -0.2) is 56.9 Å². The zero-order chi connectivity index (χ0) is 31.6. The molecule has 2 aromatic rings. The molecular formula is C34H38O10. The Morgan fingerprint density at radius 2 is 1.20 bits per heavy atom. The summed E-state index contributed by atoms with van der Waals surface area (Å²) in [7, 11) is 0. The van der Waals surface area contributed by atoms with Crippen LogP contribution in [0.3, 0.4) is 0 Å². The molecule has 0 aliphatic heterocycles. The lowest BCUT2D eigenvalue weighted by Crippen LogP contribution is -2.14. The van der Waals surface area contributed by atoms with Crippen molar-refractivity contribution in [2.45, 2.75) is 38.5 Å². The highest BCUT2D eigenvalue weighted by atomic mass is 16.5. The lowest BCUT2D eigenvalue weighted by molar-refractivity contribution is -0.138. The van der Waals surface area contributed by atoms with Gasteiger partial charge in [0.25, 0.3) is 0 Å². The van der Waals surface area contributed by atoms with Gasteiger partial charge in [0.15, 0.2) is 0 Å². The molecule has 2 aromatic carbocycles. The van der Waals surface area contributed by atoms with Crippen LogP contribution < -0.4 is 9.47 Å². The van der Waals surface area contributed by atoms with E-state index < -0.39 is 23.9 Å². The second kappa shape index (κ2) is 18.6. The highest BCUT2D eigenvalue weighted by Gasteiger charge is 2.19. The third-order valence-electron chi connectivity index (χ3n) is 6.58. The van der Waals surface area contributed by atoms with E-state index in [2.05, 4.69) is 13.2 Å². The fourth-order valence-corrected chi connectivity index (χ4v) is 4.13. The minimum absolute atomic E-state index is 0.239. The summed E-state index contributed by atoms with van der Waals surface area (Å²) in [5.41, 5.74) is 0.847. The normalized spacial score (nSPS) is 13.9. The van der Waals surface area contributed by atoms with Crippen LogP contribution in [0.5, 0.6) is 11.5 Å². The molecule has 10 heteroatoms. The van der Waals surface area contributed by atoms with E-state index in [4.69, 9.17) is 28.4 Å². The molecule has 10 nitrogen and oxygen atoms in total. The minimum Gasteiger partial charge on any atom is -0.493 e. The predicted molar refractivity (Wildman–Crippen MR) is 161 cm³/mol.